The summed E-state index contributed by atoms with van der Waals surface area (Å²) in [5.41, 5.74) is -0.288. The van der Waals surface area contributed by atoms with E-state index in [4.69, 9.17) is 4.42 Å². The van der Waals surface area contributed by atoms with Crippen molar-refractivity contribution >= 4 is 5.91 Å². The summed E-state index contributed by atoms with van der Waals surface area (Å²) in [6.07, 6.45) is -3.33. The van der Waals surface area contributed by atoms with E-state index >= 15 is 0 Å². The maximum Gasteiger partial charge on any atom is 0.416 e. The van der Waals surface area contributed by atoms with Crippen LogP contribution in [0.25, 0.3) is 0 Å². The lowest BCUT2D eigenvalue weighted by molar-refractivity contribution is -0.137. The highest BCUT2D eigenvalue weighted by molar-refractivity contribution is 5.91. The van der Waals surface area contributed by atoms with E-state index in [1.807, 2.05) is 19.0 Å². The van der Waals surface area contributed by atoms with Gasteiger partial charge in [0.15, 0.2) is 5.69 Å². The lowest BCUT2D eigenvalue weighted by Gasteiger charge is -2.22. The number of hydrogen-bond donors (Lipinski definition) is 1. The number of carbonyl (C=O) groups is 1. The van der Waals surface area contributed by atoms with Crippen molar-refractivity contribution < 1.29 is 31.2 Å². The van der Waals surface area contributed by atoms with Crippen LogP contribution in [0.4, 0.5) is 22.0 Å². The number of nitrogens with one attached hydrogen (secondary N) is 1. The van der Waals surface area contributed by atoms with Gasteiger partial charge >= 0.3 is 6.18 Å². The summed E-state index contributed by atoms with van der Waals surface area (Å²) < 4.78 is 72.4. The standard InChI is InChI=1S/C24H25F5N4O2/c1-32(2)9-8-30-23(34)21-15-35-22(31-21)14-33(13-17-6-7-19(25)11-20(17)26)12-16-4-3-5-18(10-16)24(27,28)29/h3-7,10-11,15H,8-9,12-14H2,1-2H3,(H,30,34). The summed E-state index contributed by atoms with van der Waals surface area (Å²) in [6.45, 7) is 0.935. The number of halogens is 5. The summed E-state index contributed by atoms with van der Waals surface area (Å²) in [4.78, 5) is 19.9. The number of carbonyl (C=O) groups excluding carboxylic acids is 1. The molecular weight excluding hydrogens is 471 g/mol. The summed E-state index contributed by atoms with van der Waals surface area (Å²) in [5, 5.41) is 2.70. The Morgan fingerprint density at radius 1 is 1.06 bits per heavy atom. The van der Waals surface area contributed by atoms with E-state index in [1.54, 1.807) is 4.90 Å². The molecule has 0 saturated carbocycles. The molecule has 1 amide bonds. The number of rotatable bonds is 10. The van der Waals surface area contributed by atoms with Crippen molar-refractivity contribution in [3.63, 3.8) is 0 Å². The van der Waals surface area contributed by atoms with E-state index in [9.17, 15) is 26.7 Å². The van der Waals surface area contributed by atoms with Gasteiger partial charge in [-0.3, -0.25) is 9.69 Å². The minimum Gasteiger partial charge on any atom is -0.447 e. The topological polar surface area (TPSA) is 61.6 Å². The Morgan fingerprint density at radius 3 is 2.51 bits per heavy atom. The Balaban J connectivity index is 1.78. The molecular formula is C24H25F5N4O2. The van der Waals surface area contributed by atoms with Gasteiger partial charge in [-0.25, -0.2) is 13.8 Å². The highest BCUT2D eigenvalue weighted by Crippen LogP contribution is 2.30. The number of benzene rings is 2. The van der Waals surface area contributed by atoms with E-state index < -0.39 is 29.3 Å². The Labute approximate surface area is 199 Å². The van der Waals surface area contributed by atoms with Crippen LogP contribution in [0.2, 0.25) is 0 Å². The Morgan fingerprint density at radius 2 is 1.83 bits per heavy atom. The molecule has 3 aromatic rings. The number of amides is 1. The zero-order valence-electron chi connectivity index (χ0n) is 19.2. The molecule has 3 rings (SSSR count). The molecule has 0 bridgehead atoms. The fourth-order valence-corrected chi connectivity index (χ4v) is 3.33. The number of oxazole rings is 1. The predicted molar refractivity (Wildman–Crippen MR) is 118 cm³/mol. The molecule has 6 nitrogen and oxygen atoms in total. The molecule has 0 aliphatic carbocycles. The Bertz CT molecular complexity index is 1150. The lowest BCUT2D eigenvalue weighted by atomic mass is 10.1. The second kappa shape index (κ2) is 11.4. The number of likely N-dealkylation sites (N-methyl/N-ethyl adjacent to an activating group) is 1. The zero-order valence-corrected chi connectivity index (χ0v) is 19.2. The van der Waals surface area contributed by atoms with Gasteiger partial charge in [-0.2, -0.15) is 13.2 Å². The minimum absolute atomic E-state index is 0.00647. The molecule has 0 spiro atoms. The predicted octanol–water partition coefficient (Wildman–Crippen LogP) is 4.47. The first-order chi connectivity index (χ1) is 16.5. The third-order valence-electron chi connectivity index (χ3n) is 5.06. The summed E-state index contributed by atoms with van der Waals surface area (Å²) in [6, 6.07) is 7.87. The molecule has 0 saturated heterocycles. The minimum atomic E-state index is -4.51. The molecule has 2 aromatic carbocycles. The molecule has 0 aliphatic rings. The zero-order chi connectivity index (χ0) is 25.6. The molecule has 0 radical (unpaired) electrons. The normalized spacial score (nSPS) is 11.9. The van der Waals surface area contributed by atoms with Gasteiger partial charge in [-0.05, 0) is 31.8 Å². The second-order valence-corrected chi connectivity index (χ2v) is 8.26. The SMILES string of the molecule is CN(C)CCNC(=O)c1coc(CN(Cc2cccc(C(F)(F)F)c2)Cc2ccc(F)cc2F)n1. The van der Waals surface area contributed by atoms with Gasteiger partial charge in [-0.1, -0.05) is 24.3 Å². The molecule has 0 atom stereocenters. The van der Waals surface area contributed by atoms with Crippen LogP contribution in [-0.2, 0) is 25.8 Å². The van der Waals surface area contributed by atoms with Crippen molar-refractivity contribution in [2.24, 2.45) is 0 Å². The van der Waals surface area contributed by atoms with E-state index in [-0.39, 0.29) is 36.8 Å². The summed E-state index contributed by atoms with van der Waals surface area (Å²) >= 11 is 0. The average Bonchev–Trinajstić information content (AvgIpc) is 3.23. The van der Waals surface area contributed by atoms with Crippen molar-refractivity contribution in [2.45, 2.75) is 25.8 Å². The third kappa shape index (κ3) is 7.86. The van der Waals surface area contributed by atoms with Crippen molar-refractivity contribution in [3.05, 3.63) is 88.6 Å². The van der Waals surface area contributed by atoms with Crippen LogP contribution < -0.4 is 5.32 Å². The van der Waals surface area contributed by atoms with Gasteiger partial charge in [0.25, 0.3) is 5.91 Å². The molecule has 0 unspecified atom stereocenters. The van der Waals surface area contributed by atoms with E-state index in [2.05, 4.69) is 10.3 Å². The van der Waals surface area contributed by atoms with E-state index in [0.29, 0.717) is 18.7 Å². The second-order valence-electron chi connectivity index (χ2n) is 8.26. The monoisotopic (exact) mass is 496 g/mol. The Hall–Kier alpha value is -3.31. The van der Waals surface area contributed by atoms with Gasteiger partial charge in [0, 0.05) is 37.8 Å². The number of alkyl halides is 3. The average molecular weight is 496 g/mol. The van der Waals surface area contributed by atoms with Crippen LogP contribution in [0.1, 0.15) is 33.1 Å². The first kappa shape index (κ1) is 26.3. The maximum absolute atomic E-state index is 14.3. The number of nitrogens with zero attached hydrogens (tertiary/aromatic N) is 3. The van der Waals surface area contributed by atoms with Crippen LogP contribution >= 0.6 is 0 Å². The fraction of sp³-hybridized carbons (Fsp3) is 0.333. The smallest absolute Gasteiger partial charge is 0.416 e. The van der Waals surface area contributed by atoms with Gasteiger partial charge < -0.3 is 14.6 Å². The third-order valence-corrected chi connectivity index (χ3v) is 5.06. The quantitative estimate of drug-likeness (QED) is 0.420. The first-order valence-corrected chi connectivity index (χ1v) is 10.7. The van der Waals surface area contributed by atoms with Crippen molar-refractivity contribution in [3.8, 4) is 0 Å². The number of aromatic nitrogens is 1. The largest absolute Gasteiger partial charge is 0.447 e. The molecule has 0 aliphatic heterocycles. The lowest BCUT2D eigenvalue weighted by Crippen LogP contribution is -2.31. The van der Waals surface area contributed by atoms with Gasteiger partial charge in [0.1, 0.15) is 17.9 Å². The van der Waals surface area contributed by atoms with Crippen LogP contribution in [0.15, 0.2) is 53.1 Å². The van der Waals surface area contributed by atoms with Gasteiger partial charge in [0.2, 0.25) is 5.89 Å². The van der Waals surface area contributed by atoms with Crippen LogP contribution in [-0.4, -0.2) is 47.9 Å². The highest BCUT2D eigenvalue weighted by Gasteiger charge is 2.30. The van der Waals surface area contributed by atoms with Gasteiger partial charge in [-0.15, -0.1) is 0 Å². The first-order valence-electron chi connectivity index (χ1n) is 10.7. The highest BCUT2D eigenvalue weighted by atomic mass is 19.4. The molecule has 0 fully saturated rings. The van der Waals surface area contributed by atoms with Crippen molar-refractivity contribution in [1.29, 1.82) is 0 Å². The van der Waals surface area contributed by atoms with Crippen LogP contribution in [0.3, 0.4) is 0 Å². The molecule has 11 heteroatoms. The molecule has 1 N–H and O–H groups in total. The summed E-state index contributed by atoms with van der Waals surface area (Å²) in [5.74, 6) is -1.84. The van der Waals surface area contributed by atoms with Crippen LogP contribution in [0.5, 0.6) is 0 Å². The van der Waals surface area contributed by atoms with Crippen molar-refractivity contribution in [1.82, 2.24) is 20.1 Å². The summed E-state index contributed by atoms with van der Waals surface area (Å²) in [7, 11) is 3.73. The molecule has 1 heterocycles. The maximum atomic E-state index is 14.3. The molecule has 188 valence electrons. The van der Waals surface area contributed by atoms with Gasteiger partial charge in [0.05, 0.1) is 12.1 Å². The fourth-order valence-electron chi connectivity index (χ4n) is 3.33. The van der Waals surface area contributed by atoms with E-state index in [1.165, 1.54) is 24.5 Å². The molecule has 1 aromatic heterocycles. The van der Waals surface area contributed by atoms with Crippen molar-refractivity contribution in [2.75, 3.05) is 27.2 Å². The van der Waals surface area contributed by atoms with E-state index in [0.717, 1.165) is 24.3 Å². The molecule has 35 heavy (non-hydrogen) atoms. The number of hydrogen-bond acceptors (Lipinski definition) is 5. The Kier molecular flexibility index (Phi) is 8.57. The van der Waals surface area contributed by atoms with Crippen LogP contribution in [0, 0.1) is 11.6 Å².